The maximum Gasteiger partial charge on any atom is 0.338 e. The van der Waals surface area contributed by atoms with Crippen LogP contribution in [0.15, 0.2) is 72.8 Å². The number of hydrogen-bond donors (Lipinski definition) is 0. The number of thiophene rings is 2. The summed E-state index contributed by atoms with van der Waals surface area (Å²) in [6.07, 6.45) is 10.8. The van der Waals surface area contributed by atoms with Gasteiger partial charge >= 0.3 is 47.8 Å². The quantitative estimate of drug-likeness (QED) is 0.0126. The number of hydrogen-bond acceptors (Lipinski definition) is 18. The molecule has 0 unspecified atom stereocenters. The van der Waals surface area contributed by atoms with E-state index in [2.05, 4.69) is 0 Å². The molecule has 0 N–H and O–H groups in total. The highest BCUT2D eigenvalue weighted by Gasteiger charge is 2.36. The Balaban J connectivity index is 1.23. The Hall–Kier alpha value is -9.78. The number of esters is 8. The number of carbonyl (C=O) groups is 8. The molecule has 2 aromatic heterocycles. The normalized spacial score (nSPS) is 12.1. The van der Waals surface area contributed by atoms with Gasteiger partial charge in [-0.05, 0) is 165 Å². The first-order valence-electron chi connectivity index (χ1n) is 37.3. The largest absolute Gasteiger partial charge is 0.462 e. The van der Waals surface area contributed by atoms with Gasteiger partial charge in [-0.15, -0.1) is 22.7 Å². The molecule has 0 aliphatic heterocycles. The molecular weight excluding hydrogens is 1350 g/mol. The van der Waals surface area contributed by atoms with Crippen LogP contribution in [0.25, 0.3) is 137 Å². The van der Waals surface area contributed by atoms with Crippen molar-refractivity contribution in [3.05, 3.63) is 117 Å². The van der Waals surface area contributed by atoms with E-state index < -0.39 is 47.8 Å². The Bertz CT molecular complexity index is 5400. The molecule has 104 heavy (non-hydrogen) atoms. The molecule has 0 saturated heterocycles. The fourth-order valence-corrected chi connectivity index (χ4v) is 18.1. The Morgan fingerprint density at radius 2 is 0.394 bits per heavy atom. The molecule has 14 aromatic rings. The van der Waals surface area contributed by atoms with Gasteiger partial charge in [0.1, 0.15) is 0 Å². The van der Waals surface area contributed by atoms with Crippen LogP contribution in [0.4, 0.5) is 0 Å². The number of rotatable bonds is 32. The molecule has 536 valence electrons. The predicted octanol–water partition coefficient (Wildman–Crippen LogP) is 22.2. The van der Waals surface area contributed by atoms with Crippen LogP contribution in [0.1, 0.15) is 241 Å². The van der Waals surface area contributed by atoms with Crippen LogP contribution in [0.5, 0.6) is 0 Å². The van der Waals surface area contributed by atoms with Crippen molar-refractivity contribution >= 4 is 208 Å². The zero-order chi connectivity index (χ0) is 72.8. The third-order valence-electron chi connectivity index (χ3n) is 20.4. The summed E-state index contributed by atoms with van der Waals surface area (Å²) in [4.78, 5) is 121. The van der Waals surface area contributed by atoms with E-state index in [0.29, 0.717) is 179 Å². The maximum atomic E-state index is 15.4. The number of benzene rings is 12. The third kappa shape index (κ3) is 11.9. The van der Waals surface area contributed by atoms with Crippen molar-refractivity contribution in [1.29, 1.82) is 0 Å². The summed E-state index contributed by atoms with van der Waals surface area (Å²) in [5, 5.41) is 12.6. The molecule has 0 spiro atoms. The van der Waals surface area contributed by atoms with Crippen molar-refractivity contribution in [1.82, 2.24) is 0 Å². The topological polar surface area (TPSA) is 210 Å². The van der Waals surface area contributed by atoms with Gasteiger partial charge in [0.2, 0.25) is 0 Å². The lowest BCUT2D eigenvalue weighted by molar-refractivity contribution is 0.0485. The van der Waals surface area contributed by atoms with E-state index >= 15 is 19.2 Å². The average molecular weight is 1440 g/mol. The summed E-state index contributed by atoms with van der Waals surface area (Å²) < 4.78 is 51.8. The zero-order valence-electron chi connectivity index (χ0n) is 60.2. The zero-order valence-corrected chi connectivity index (χ0v) is 61.9. The lowest BCUT2D eigenvalue weighted by atomic mass is 9.80. The number of carbonyl (C=O) groups excluding carboxylic acids is 8. The second-order valence-electron chi connectivity index (χ2n) is 27.2. The minimum Gasteiger partial charge on any atom is -0.462 e. The summed E-state index contributed by atoms with van der Waals surface area (Å²) in [6.45, 7) is 17.1. The number of unbranched alkanes of at least 4 members (excludes halogenated alkanes) is 8. The van der Waals surface area contributed by atoms with Gasteiger partial charge in [-0.25, -0.2) is 38.4 Å². The minimum atomic E-state index is -0.651. The highest BCUT2D eigenvalue weighted by molar-refractivity contribution is 7.38. The van der Waals surface area contributed by atoms with Gasteiger partial charge in [0.05, 0.1) is 107 Å². The Morgan fingerprint density at radius 1 is 0.212 bits per heavy atom. The van der Waals surface area contributed by atoms with Gasteiger partial charge in [-0.3, -0.25) is 0 Å². The van der Waals surface area contributed by atoms with E-state index in [9.17, 15) is 19.2 Å². The highest BCUT2D eigenvalue weighted by atomic mass is 32.1. The smallest absolute Gasteiger partial charge is 0.338 e. The van der Waals surface area contributed by atoms with Crippen molar-refractivity contribution in [2.75, 3.05) is 52.9 Å². The van der Waals surface area contributed by atoms with E-state index in [-0.39, 0.29) is 97.4 Å². The summed E-state index contributed by atoms with van der Waals surface area (Å²) in [7, 11) is 0. The minimum absolute atomic E-state index is 0.104. The summed E-state index contributed by atoms with van der Waals surface area (Å²) in [6, 6.07) is 21.4. The molecule has 0 fully saturated rings. The van der Waals surface area contributed by atoms with Crippen molar-refractivity contribution in [2.45, 2.75) is 158 Å². The van der Waals surface area contributed by atoms with Crippen molar-refractivity contribution in [3.63, 3.8) is 0 Å². The third-order valence-corrected chi connectivity index (χ3v) is 23.0. The number of fused-ring (bicyclic) bond motifs is 11. The molecule has 18 heteroatoms. The molecule has 16 nitrogen and oxygen atoms in total. The van der Waals surface area contributed by atoms with E-state index in [1.165, 1.54) is 22.7 Å². The fraction of sp³-hybridized carbons (Fsp3) is 0.372. The molecule has 0 amide bonds. The molecule has 2 heterocycles. The lowest BCUT2D eigenvalue weighted by Crippen LogP contribution is -2.13. The lowest BCUT2D eigenvalue weighted by Gasteiger charge is -2.24. The first-order chi connectivity index (χ1) is 50.7. The van der Waals surface area contributed by atoms with E-state index in [1.807, 2.05) is 104 Å². The molecule has 0 aliphatic rings. The highest BCUT2D eigenvalue weighted by Crippen LogP contribution is 2.60. The second kappa shape index (κ2) is 30.1. The Labute approximate surface area is 608 Å². The predicted molar refractivity (Wildman–Crippen MR) is 416 cm³/mol. The van der Waals surface area contributed by atoms with Crippen LogP contribution in [-0.4, -0.2) is 101 Å². The van der Waals surface area contributed by atoms with E-state index in [0.717, 1.165) is 60.8 Å². The molecule has 0 atom stereocenters. The maximum absolute atomic E-state index is 15.4. The van der Waals surface area contributed by atoms with E-state index in [1.54, 1.807) is 24.3 Å². The Morgan fingerprint density at radius 3 is 0.606 bits per heavy atom. The van der Waals surface area contributed by atoms with Crippen LogP contribution in [0.3, 0.4) is 0 Å². The van der Waals surface area contributed by atoms with Gasteiger partial charge in [0.15, 0.2) is 0 Å². The Kier molecular flexibility index (Phi) is 20.6. The molecule has 0 radical (unpaired) electrons. The molecule has 0 saturated carbocycles. The molecule has 0 aliphatic carbocycles. The molecule has 12 aromatic carbocycles. The first kappa shape index (κ1) is 71.2. The SMILES string of the molecule is CCCCOC(=O)c1ccc2c3ccc(C(=O)OCCCC)c4c(C(=O)OCCCC)cc5c6c(sc7c6sc6c8cc(C(=O)OCCCC)c9c(C(=O)OCCCC)ccc%10c%11ccc(C(=O)OCCCC)c%12c(C(=O)OCCCC)cc(c67)c(c%12%11)c8c9%10)c6cc(C(=O)OCCCC)c1c2c6c5c43. The van der Waals surface area contributed by atoms with Gasteiger partial charge < -0.3 is 37.9 Å². The van der Waals surface area contributed by atoms with Crippen molar-refractivity contribution in [3.8, 4) is 0 Å². The average Bonchev–Trinajstić information content (AvgIpc) is 1.28. The summed E-state index contributed by atoms with van der Waals surface area (Å²) in [5.41, 5.74) is 1.20. The van der Waals surface area contributed by atoms with Gasteiger partial charge in [0, 0.05) is 63.3 Å². The second-order valence-corrected chi connectivity index (χ2v) is 29.3. The van der Waals surface area contributed by atoms with Crippen molar-refractivity contribution in [2.24, 2.45) is 0 Å². The van der Waals surface area contributed by atoms with E-state index in [4.69, 9.17) is 37.9 Å². The van der Waals surface area contributed by atoms with Crippen LogP contribution < -0.4 is 0 Å². The first-order valence-corrected chi connectivity index (χ1v) is 38.9. The number of ether oxygens (including phenoxy) is 8. The van der Waals surface area contributed by atoms with Crippen molar-refractivity contribution < 1.29 is 76.3 Å². The van der Waals surface area contributed by atoms with Gasteiger partial charge in [-0.1, -0.05) is 131 Å². The molecular formula is C86H84O16S2. The summed E-state index contributed by atoms with van der Waals surface area (Å²) in [5.74, 6) is -5.06. The van der Waals surface area contributed by atoms with Gasteiger partial charge in [0.25, 0.3) is 0 Å². The standard InChI is InChI=1S/C86H84O16S2/c1-9-17-33-95-79(87)49-29-25-45-47-27-31-51(81(89)97-35-19-11-3)63-59(85(93)101-39-23-15-7)43-55-71(67(47)63)69-53(41-57(61(49)65(45)69)83(91)99-37-21-13-5)73-75(55)103-78-74-54-42-58(84(92)100-38-22-14-6)62-50(80(88)96-34-18-10-2)30-26-46-48-28-32-52(82(90)98-36-20-12-4)64-60(86(94)102-40-24-16-8)44-56(76(74)104-77(73)78)72(68(48)64)70(54)66(46)62/h25-32,41-44H,9-24,33-40H2,1-8H3. The summed E-state index contributed by atoms with van der Waals surface area (Å²) >= 11 is 2.91. The monoisotopic (exact) mass is 1440 g/mol. The molecule has 14 rings (SSSR count). The molecule has 0 bridgehead atoms. The van der Waals surface area contributed by atoms with Crippen LogP contribution in [0, 0.1) is 0 Å². The van der Waals surface area contributed by atoms with Gasteiger partial charge in [-0.2, -0.15) is 0 Å². The van der Waals surface area contributed by atoms with Crippen LogP contribution in [0.2, 0.25) is 0 Å². The van der Waals surface area contributed by atoms with Crippen LogP contribution >= 0.6 is 22.7 Å². The van der Waals surface area contributed by atoms with Crippen LogP contribution in [-0.2, 0) is 37.9 Å². The fourth-order valence-electron chi connectivity index (χ4n) is 15.2.